The van der Waals surface area contributed by atoms with Gasteiger partial charge in [-0.1, -0.05) is 54.1 Å². The molecule has 2 atom stereocenters. The monoisotopic (exact) mass is 470 g/mol. The minimum Gasteiger partial charge on any atom is -0.389 e. The van der Waals surface area contributed by atoms with E-state index in [0.29, 0.717) is 24.3 Å². The van der Waals surface area contributed by atoms with Crippen LogP contribution >= 0.6 is 24.0 Å². The van der Waals surface area contributed by atoms with Crippen LogP contribution in [0.15, 0.2) is 54.6 Å². The molecule has 9 heteroatoms. The van der Waals surface area contributed by atoms with Crippen LogP contribution in [-0.4, -0.2) is 51.7 Å². The second kappa shape index (κ2) is 11.0. The lowest BCUT2D eigenvalue weighted by Gasteiger charge is -2.39. The number of hydrogen-bond acceptors (Lipinski definition) is 5. The van der Waals surface area contributed by atoms with Gasteiger partial charge in [0.15, 0.2) is 6.30 Å². The van der Waals surface area contributed by atoms with E-state index in [2.05, 4.69) is 0 Å². The number of alkyl halides is 1. The van der Waals surface area contributed by atoms with Crippen molar-refractivity contribution in [2.45, 2.75) is 43.6 Å². The molecule has 1 aliphatic rings. The van der Waals surface area contributed by atoms with Crippen LogP contribution < -0.4 is 0 Å². The normalized spacial score (nSPS) is 17.9. The number of likely N-dealkylation sites (tertiary alicyclic amines) is 1. The lowest BCUT2D eigenvalue weighted by atomic mass is 9.85. The average molecular weight is 471 g/mol. The van der Waals surface area contributed by atoms with E-state index in [1.54, 1.807) is 30.3 Å². The highest BCUT2D eigenvalue weighted by atomic mass is 35.5. The van der Waals surface area contributed by atoms with Gasteiger partial charge in [-0.3, -0.25) is 19.8 Å². The van der Waals surface area contributed by atoms with Crippen LogP contribution in [0, 0.1) is 10.1 Å². The van der Waals surface area contributed by atoms with Gasteiger partial charge >= 0.3 is 0 Å². The number of Topliss-reactive ketones (excluding diaryl/α,β-unsaturated/α-hetero) is 1. The topological polar surface area (TPSA) is 83.7 Å². The molecule has 0 radical (unpaired) electrons. The molecule has 0 spiro atoms. The summed E-state index contributed by atoms with van der Waals surface area (Å²) >= 11 is 5.89. The molecule has 2 aromatic rings. The maximum atomic E-state index is 14.9. The number of hydrogen-bond donors (Lipinski definition) is 1. The fourth-order valence-electron chi connectivity index (χ4n) is 3.80. The highest BCUT2D eigenvalue weighted by molar-refractivity contribution is 6.30. The summed E-state index contributed by atoms with van der Waals surface area (Å²) in [6.45, 7) is 0.518. The number of aliphatic hydroxyl groups is 1. The molecule has 3 rings (SSSR count). The molecular formula is C22H25Cl2FN2O4. The van der Waals surface area contributed by atoms with Gasteiger partial charge in [0.25, 0.3) is 6.04 Å². The summed E-state index contributed by atoms with van der Waals surface area (Å²) in [5.41, 5.74) is 0.170. The van der Waals surface area contributed by atoms with Gasteiger partial charge in [0, 0.05) is 35.0 Å². The van der Waals surface area contributed by atoms with Gasteiger partial charge in [0.2, 0.25) is 5.78 Å². The number of benzene rings is 2. The van der Waals surface area contributed by atoms with Crippen LogP contribution in [-0.2, 0) is 6.42 Å². The van der Waals surface area contributed by atoms with E-state index in [1.165, 1.54) is 17.0 Å². The Hall–Kier alpha value is -2.06. The van der Waals surface area contributed by atoms with Crippen molar-refractivity contribution in [3.05, 3.63) is 80.9 Å². The number of carbonyl (C=O) groups is 1. The highest BCUT2D eigenvalue weighted by Gasteiger charge is 2.39. The zero-order valence-corrected chi connectivity index (χ0v) is 18.4. The fraction of sp³-hybridized carbons (Fsp3) is 0.409. The van der Waals surface area contributed by atoms with Crippen molar-refractivity contribution in [1.82, 2.24) is 4.90 Å². The Morgan fingerprint density at radius 2 is 1.74 bits per heavy atom. The van der Waals surface area contributed by atoms with Gasteiger partial charge in [0.1, 0.15) is 0 Å². The highest BCUT2D eigenvalue weighted by Crippen LogP contribution is 2.29. The first-order valence-corrected chi connectivity index (χ1v) is 10.2. The first-order chi connectivity index (χ1) is 14.3. The van der Waals surface area contributed by atoms with Gasteiger partial charge in [-0.15, -0.1) is 12.4 Å². The summed E-state index contributed by atoms with van der Waals surface area (Å²) < 4.78 is 14.9. The molecule has 31 heavy (non-hydrogen) atoms. The third-order valence-electron chi connectivity index (χ3n) is 5.60. The summed E-state index contributed by atoms with van der Waals surface area (Å²) in [5.74, 6) is -0.695. The van der Waals surface area contributed by atoms with Gasteiger partial charge in [-0.05, 0) is 30.5 Å². The molecule has 2 aromatic carbocycles. The Bertz CT molecular complexity index is 875. The Morgan fingerprint density at radius 3 is 2.29 bits per heavy atom. The smallest absolute Gasteiger partial charge is 0.278 e. The number of ketones is 1. The third-order valence-corrected chi connectivity index (χ3v) is 5.86. The molecule has 168 valence electrons. The standard InChI is InChI=1S/C22H24ClFN2O4.ClH/c23-18-8-6-16(7-9-18)15-22(28)10-12-25(13-11-22)20(24)14-19(26(29)30)21(27)17-4-2-1-3-5-17;/h1-9,19-20,28H,10-15H2;1H. The number of halogens is 3. The second-order valence-corrected chi connectivity index (χ2v) is 8.20. The minimum atomic E-state index is -1.64. The Labute approximate surface area is 191 Å². The van der Waals surface area contributed by atoms with E-state index < -0.39 is 35.1 Å². The molecule has 1 N–H and O–H groups in total. The minimum absolute atomic E-state index is 0. The molecule has 0 aliphatic carbocycles. The van der Waals surface area contributed by atoms with E-state index in [-0.39, 0.29) is 31.1 Å². The van der Waals surface area contributed by atoms with Crippen LogP contribution in [0.5, 0.6) is 0 Å². The van der Waals surface area contributed by atoms with E-state index in [0.717, 1.165) is 5.56 Å². The van der Waals surface area contributed by atoms with Crippen molar-refractivity contribution < 1.29 is 19.2 Å². The van der Waals surface area contributed by atoms with Crippen molar-refractivity contribution >= 4 is 29.8 Å². The Kier molecular flexibility index (Phi) is 8.94. The molecule has 1 aliphatic heterocycles. The molecule has 0 bridgehead atoms. The number of rotatable bonds is 8. The number of nitro groups is 1. The maximum Gasteiger partial charge on any atom is 0.278 e. The van der Waals surface area contributed by atoms with Crippen molar-refractivity contribution in [2.24, 2.45) is 0 Å². The summed E-state index contributed by atoms with van der Waals surface area (Å²) in [7, 11) is 0. The fourth-order valence-corrected chi connectivity index (χ4v) is 3.92. The Morgan fingerprint density at radius 1 is 1.16 bits per heavy atom. The lowest BCUT2D eigenvalue weighted by Crippen LogP contribution is -2.49. The molecule has 2 unspecified atom stereocenters. The largest absolute Gasteiger partial charge is 0.389 e. The van der Waals surface area contributed by atoms with Gasteiger partial charge in [0.05, 0.1) is 12.0 Å². The number of carbonyl (C=O) groups excluding carboxylic acids is 1. The summed E-state index contributed by atoms with van der Waals surface area (Å²) in [5, 5.41) is 22.9. The number of nitrogens with zero attached hydrogens (tertiary/aromatic N) is 2. The predicted molar refractivity (Wildman–Crippen MR) is 119 cm³/mol. The van der Waals surface area contributed by atoms with Crippen LogP contribution in [0.2, 0.25) is 5.02 Å². The van der Waals surface area contributed by atoms with Crippen LogP contribution in [0.3, 0.4) is 0 Å². The molecule has 1 heterocycles. The first-order valence-electron chi connectivity index (χ1n) is 9.85. The molecule has 6 nitrogen and oxygen atoms in total. The van der Waals surface area contributed by atoms with E-state index in [4.69, 9.17) is 11.6 Å². The zero-order valence-electron chi connectivity index (χ0n) is 16.8. The Balaban J connectivity index is 0.00000341. The molecule has 1 fully saturated rings. The predicted octanol–water partition coefficient (Wildman–Crippen LogP) is 4.35. The second-order valence-electron chi connectivity index (χ2n) is 7.77. The average Bonchev–Trinajstić information content (AvgIpc) is 2.74. The van der Waals surface area contributed by atoms with Crippen LogP contribution in [0.25, 0.3) is 0 Å². The summed E-state index contributed by atoms with van der Waals surface area (Å²) in [6, 6.07) is 13.5. The van der Waals surface area contributed by atoms with E-state index in [9.17, 15) is 24.4 Å². The summed E-state index contributed by atoms with van der Waals surface area (Å²) in [4.78, 5) is 24.6. The molecule has 0 saturated carbocycles. The quantitative estimate of drug-likeness (QED) is 0.268. The third kappa shape index (κ3) is 6.71. The summed E-state index contributed by atoms with van der Waals surface area (Å²) in [6.07, 6.45) is -1.04. The van der Waals surface area contributed by atoms with Gasteiger partial charge < -0.3 is 5.11 Å². The van der Waals surface area contributed by atoms with Crippen LogP contribution in [0.4, 0.5) is 4.39 Å². The van der Waals surface area contributed by atoms with Crippen molar-refractivity contribution in [2.75, 3.05) is 13.1 Å². The maximum absolute atomic E-state index is 14.9. The molecule has 0 aromatic heterocycles. The van der Waals surface area contributed by atoms with Crippen molar-refractivity contribution in [1.29, 1.82) is 0 Å². The molecule has 0 amide bonds. The number of piperidine rings is 1. The van der Waals surface area contributed by atoms with Crippen LogP contribution in [0.1, 0.15) is 35.2 Å². The zero-order chi connectivity index (χ0) is 21.7. The first kappa shape index (κ1) is 25.2. The van der Waals surface area contributed by atoms with Gasteiger partial charge in [-0.25, -0.2) is 4.39 Å². The molecular weight excluding hydrogens is 446 g/mol. The molecule has 1 saturated heterocycles. The SMILES string of the molecule is Cl.O=C(c1ccccc1)C(CC(F)N1CCC(O)(Cc2ccc(Cl)cc2)CC1)[N+](=O)[O-]. The van der Waals surface area contributed by atoms with E-state index in [1.807, 2.05) is 12.1 Å². The lowest BCUT2D eigenvalue weighted by molar-refractivity contribution is -0.508. The van der Waals surface area contributed by atoms with Gasteiger partial charge in [-0.2, -0.15) is 0 Å². The van der Waals surface area contributed by atoms with Crippen molar-refractivity contribution in [3.63, 3.8) is 0 Å². The van der Waals surface area contributed by atoms with Crippen molar-refractivity contribution in [3.8, 4) is 0 Å². The van der Waals surface area contributed by atoms with E-state index >= 15 is 0 Å².